The number of hydrogen-bond acceptors (Lipinski definition) is 4. The van der Waals surface area contributed by atoms with E-state index < -0.39 is 0 Å². The number of imidazole rings is 1. The van der Waals surface area contributed by atoms with Gasteiger partial charge in [-0.25, -0.2) is 4.98 Å². The van der Waals surface area contributed by atoms with Crippen molar-refractivity contribution >= 4 is 57.6 Å². The minimum atomic E-state index is 0.455. The molecule has 0 aliphatic carbocycles. The van der Waals surface area contributed by atoms with E-state index in [4.69, 9.17) is 34.8 Å². The Morgan fingerprint density at radius 3 is 2.73 bits per heavy atom. The zero-order valence-corrected chi connectivity index (χ0v) is 16.2. The Labute approximate surface area is 166 Å². The number of pyridine rings is 1. The molecule has 3 aromatic rings. The maximum atomic E-state index is 6.06. The van der Waals surface area contributed by atoms with E-state index in [1.54, 1.807) is 12.1 Å². The summed E-state index contributed by atoms with van der Waals surface area (Å²) >= 11 is 18.1. The van der Waals surface area contributed by atoms with Crippen LogP contribution in [0.15, 0.2) is 30.3 Å². The fourth-order valence-electron chi connectivity index (χ4n) is 3.35. The minimum Gasteiger partial charge on any atom is -0.385 e. The van der Waals surface area contributed by atoms with Gasteiger partial charge in [0, 0.05) is 35.4 Å². The highest BCUT2D eigenvalue weighted by atomic mass is 35.5. The van der Waals surface area contributed by atoms with Crippen LogP contribution < -0.4 is 10.2 Å². The Morgan fingerprint density at radius 1 is 1.12 bits per heavy atom. The lowest BCUT2D eigenvalue weighted by atomic mass is 9.98. The molecule has 2 N–H and O–H groups in total. The van der Waals surface area contributed by atoms with Gasteiger partial charge in [0.1, 0.15) is 5.15 Å². The lowest BCUT2D eigenvalue weighted by Gasteiger charge is -2.32. The molecule has 1 atom stereocenters. The average molecular weight is 411 g/mol. The highest BCUT2D eigenvalue weighted by molar-refractivity contribution is 6.35. The second kappa shape index (κ2) is 7.51. The fraction of sp³-hybridized carbons (Fsp3) is 0.333. The minimum absolute atomic E-state index is 0.455. The second-order valence-corrected chi connectivity index (χ2v) is 7.82. The molecular weight excluding hydrogens is 393 g/mol. The number of fused-ring (bicyclic) bond motifs is 1. The van der Waals surface area contributed by atoms with Crippen molar-refractivity contribution in [1.82, 2.24) is 15.0 Å². The zero-order chi connectivity index (χ0) is 18.1. The molecule has 0 spiro atoms. The molecule has 5 nitrogen and oxygen atoms in total. The van der Waals surface area contributed by atoms with Crippen molar-refractivity contribution in [3.63, 3.8) is 0 Å². The third-order valence-electron chi connectivity index (χ3n) is 4.58. The highest BCUT2D eigenvalue weighted by Crippen LogP contribution is 2.26. The van der Waals surface area contributed by atoms with Crippen molar-refractivity contribution in [3.05, 3.63) is 45.5 Å². The van der Waals surface area contributed by atoms with E-state index in [9.17, 15) is 0 Å². The topological polar surface area (TPSA) is 56.8 Å². The average Bonchev–Trinajstić information content (AvgIpc) is 3.03. The normalized spacial score (nSPS) is 17.7. The standard InChI is InChI=1S/C18H18Cl3N5/c19-12-6-13(20)8-14(7-12)22-9-11-2-1-5-26(10-11)18-23-15-3-4-16(21)24-17(15)25-18/h3-4,6-8,11,22H,1-2,5,9-10H2,(H,23,24,25)/t11-/m0/s1. The highest BCUT2D eigenvalue weighted by Gasteiger charge is 2.22. The zero-order valence-electron chi connectivity index (χ0n) is 14.0. The third kappa shape index (κ3) is 4.00. The maximum Gasteiger partial charge on any atom is 0.205 e. The number of rotatable bonds is 4. The van der Waals surface area contributed by atoms with Gasteiger partial charge in [-0.05, 0) is 49.1 Å². The smallest absolute Gasteiger partial charge is 0.205 e. The number of benzene rings is 1. The van der Waals surface area contributed by atoms with Crippen molar-refractivity contribution in [2.24, 2.45) is 5.92 Å². The molecule has 0 amide bonds. The molecule has 0 unspecified atom stereocenters. The molecule has 1 aliphatic rings. The van der Waals surface area contributed by atoms with Crippen molar-refractivity contribution in [3.8, 4) is 0 Å². The van der Waals surface area contributed by atoms with Gasteiger partial charge in [0.05, 0.1) is 5.52 Å². The van der Waals surface area contributed by atoms with Crippen molar-refractivity contribution < 1.29 is 0 Å². The predicted molar refractivity (Wildman–Crippen MR) is 109 cm³/mol. The molecule has 1 fully saturated rings. The third-order valence-corrected chi connectivity index (χ3v) is 5.22. The fourth-order valence-corrected chi connectivity index (χ4v) is 4.02. The molecule has 0 bridgehead atoms. The Morgan fingerprint density at radius 2 is 1.92 bits per heavy atom. The number of aromatic amines is 1. The van der Waals surface area contributed by atoms with Crippen LogP contribution in [-0.4, -0.2) is 34.6 Å². The number of nitrogens with zero attached hydrogens (tertiary/aromatic N) is 3. The van der Waals surface area contributed by atoms with E-state index in [0.29, 0.717) is 26.8 Å². The van der Waals surface area contributed by atoms with Crippen LogP contribution in [0, 0.1) is 5.92 Å². The molecule has 1 saturated heterocycles. The first-order valence-electron chi connectivity index (χ1n) is 8.54. The van der Waals surface area contributed by atoms with Crippen molar-refractivity contribution in [1.29, 1.82) is 0 Å². The number of aromatic nitrogens is 3. The lowest BCUT2D eigenvalue weighted by molar-refractivity contribution is 0.429. The summed E-state index contributed by atoms with van der Waals surface area (Å²) < 4.78 is 0. The largest absolute Gasteiger partial charge is 0.385 e. The Kier molecular flexibility index (Phi) is 5.11. The Balaban J connectivity index is 1.43. The van der Waals surface area contributed by atoms with E-state index in [-0.39, 0.29) is 0 Å². The quantitative estimate of drug-likeness (QED) is 0.577. The monoisotopic (exact) mass is 409 g/mol. The predicted octanol–water partition coefficient (Wildman–Crippen LogP) is 5.25. The molecule has 3 heterocycles. The van der Waals surface area contributed by atoms with Gasteiger partial charge in [0.25, 0.3) is 0 Å². The van der Waals surface area contributed by atoms with Crippen LogP contribution in [0.25, 0.3) is 11.2 Å². The Hall–Kier alpha value is -1.69. The van der Waals surface area contributed by atoms with Crippen LogP contribution in [0.2, 0.25) is 15.2 Å². The number of H-pyrrole nitrogens is 1. The van der Waals surface area contributed by atoms with Gasteiger partial charge in [-0.2, -0.15) is 4.98 Å². The van der Waals surface area contributed by atoms with Gasteiger partial charge in [-0.1, -0.05) is 34.8 Å². The maximum absolute atomic E-state index is 6.06. The van der Waals surface area contributed by atoms with Crippen LogP contribution in [0.3, 0.4) is 0 Å². The first-order chi connectivity index (χ1) is 12.6. The Bertz CT molecular complexity index is 906. The first kappa shape index (κ1) is 17.7. The molecule has 8 heteroatoms. The van der Waals surface area contributed by atoms with E-state index in [0.717, 1.165) is 43.2 Å². The summed E-state index contributed by atoms with van der Waals surface area (Å²) in [5.41, 5.74) is 2.50. The van der Waals surface area contributed by atoms with Gasteiger partial charge in [0.2, 0.25) is 5.95 Å². The van der Waals surface area contributed by atoms with Crippen LogP contribution in [0.4, 0.5) is 11.6 Å². The molecule has 1 aromatic carbocycles. The summed E-state index contributed by atoms with van der Waals surface area (Å²) in [6.45, 7) is 2.76. The van der Waals surface area contributed by atoms with Crippen molar-refractivity contribution in [2.75, 3.05) is 29.9 Å². The van der Waals surface area contributed by atoms with E-state index >= 15 is 0 Å². The number of piperidine rings is 1. The van der Waals surface area contributed by atoms with Crippen molar-refractivity contribution in [2.45, 2.75) is 12.8 Å². The summed E-state index contributed by atoms with van der Waals surface area (Å²) in [5.74, 6) is 1.36. The summed E-state index contributed by atoms with van der Waals surface area (Å²) in [7, 11) is 0. The summed E-state index contributed by atoms with van der Waals surface area (Å²) in [4.78, 5) is 14.5. The van der Waals surface area contributed by atoms with E-state index in [2.05, 4.69) is 25.2 Å². The SMILES string of the molecule is Clc1cc(Cl)cc(NC[C@@H]2CCCN(c3nc4nc(Cl)ccc4[nH]3)C2)c1. The molecule has 0 saturated carbocycles. The van der Waals surface area contributed by atoms with Gasteiger partial charge in [0.15, 0.2) is 5.65 Å². The van der Waals surface area contributed by atoms with Gasteiger partial charge in [-0.3, -0.25) is 0 Å². The number of nitrogens with one attached hydrogen (secondary N) is 2. The summed E-state index contributed by atoms with van der Waals surface area (Å²) in [6, 6.07) is 9.20. The van der Waals surface area contributed by atoms with Crippen LogP contribution in [0.5, 0.6) is 0 Å². The van der Waals surface area contributed by atoms with Crippen LogP contribution >= 0.6 is 34.8 Å². The molecule has 26 heavy (non-hydrogen) atoms. The van der Waals surface area contributed by atoms with Crippen LogP contribution in [0.1, 0.15) is 12.8 Å². The first-order valence-corrected chi connectivity index (χ1v) is 9.67. The molecule has 2 aromatic heterocycles. The molecule has 4 rings (SSSR count). The van der Waals surface area contributed by atoms with E-state index in [1.807, 2.05) is 18.2 Å². The molecular formula is C18H18Cl3N5. The molecule has 0 radical (unpaired) electrons. The number of halogens is 3. The van der Waals surface area contributed by atoms with Gasteiger partial charge >= 0.3 is 0 Å². The van der Waals surface area contributed by atoms with Gasteiger partial charge < -0.3 is 15.2 Å². The molecule has 136 valence electrons. The summed E-state index contributed by atoms with van der Waals surface area (Å²) in [5, 5.41) is 5.18. The van der Waals surface area contributed by atoms with Gasteiger partial charge in [-0.15, -0.1) is 0 Å². The second-order valence-electron chi connectivity index (χ2n) is 6.56. The van der Waals surface area contributed by atoms with Crippen LogP contribution in [-0.2, 0) is 0 Å². The molecule has 1 aliphatic heterocycles. The number of hydrogen-bond donors (Lipinski definition) is 2. The number of anilines is 2. The summed E-state index contributed by atoms with van der Waals surface area (Å²) in [6.07, 6.45) is 2.29. The lowest BCUT2D eigenvalue weighted by Crippen LogP contribution is -2.38. The van der Waals surface area contributed by atoms with E-state index in [1.165, 1.54) is 6.42 Å².